The smallest absolute Gasteiger partial charge is 0.347 e. The fraction of sp³-hybridized carbons (Fsp3) is 0.421. The Hall–Kier alpha value is -2.63. The van der Waals surface area contributed by atoms with Crippen LogP contribution in [0.1, 0.15) is 39.5 Å². The van der Waals surface area contributed by atoms with Crippen LogP contribution >= 0.6 is 0 Å². The van der Waals surface area contributed by atoms with Gasteiger partial charge in [-0.3, -0.25) is 10.1 Å². The van der Waals surface area contributed by atoms with E-state index < -0.39 is 17.0 Å². The van der Waals surface area contributed by atoms with Gasteiger partial charge in [0.1, 0.15) is 5.75 Å². The summed E-state index contributed by atoms with van der Waals surface area (Å²) in [6, 6.07) is 10.1. The number of ether oxygens (including phenoxy) is 2. The lowest BCUT2D eigenvalue weighted by Gasteiger charge is -2.18. The van der Waals surface area contributed by atoms with Crippen LogP contribution < -0.4 is 4.74 Å². The molecule has 0 fully saturated rings. The molecule has 6 heteroatoms. The number of nitrogens with zero attached hydrogens (tertiary/aromatic N) is 1. The van der Waals surface area contributed by atoms with Gasteiger partial charge in [-0.1, -0.05) is 38.0 Å². The molecule has 25 heavy (non-hydrogen) atoms. The van der Waals surface area contributed by atoms with Crippen molar-refractivity contribution in [1.82, 2.24) is 0 Å². The average Bonchev–Trinajstić information content (AvgIpc) is 2.60. The molecule has 1 atom stereocenters. The van der Waals surface area contributed by atoms with E-state index in [1.165, 1.54) is 6.07 Å². The third-order valence-electron chi connectivity index (χ3n) is 3.91. The van der Waals surface area contributed by atoms with E-state index in [0.717, 1.165) is 19.3 Å². The number of carbonyl (C=O) groups is 1. The summed E-state index contributed by atoms with van der Waals surface area (Å²) in [5.41, 5.74) is -0.0377. The molecule has 2 rings (SSSR count). The van der Waals surface area contributed by atoms with Gasteiger partial charge in [-0.15, -0.1) is 0 Å². The first-order chi connectivity index (χ1) is 12.1. The van der Waals surface area contributed by atoms with Gasteiger partial charge in [0.2, 0.25) is 0 Å². The minimum atomic E-state index is -0.757. The first-order valence-electron chi connectivity index (χ1n) is 8.57. The molecule has 2 aromatic carbocycles. The van der Waals surface area contributed by atoms with Crippen LogP contribution in [0.2, 0.25) is 0 Å². The number of hydrogen-bond donors (Lipinski definition) is 0. The standard InChI is InChI=1S/C19H23NO5/c1-3-5-6-11-18(19(21)24-4-2)25-15-12-14-9-7-8-10-16(14)17(13-15)20(22)23/h7-10,12-13,18H,3-6,11H2,1-2H3/t18-/m1/s1. The van der Waals surface area contributed by atoms with Gasteiger partial charge in [0.25, 0.3) is 5.69 Å². The number of non-ortho nitro benzene ring substituents is 1. The number of unbranched alkanes of at least 4 members (excludes halogenated alkanes) is 2. The summed E-state index contributed by atoms with van der Waals surface area (Å²) in [7, 11) is 0. The first kappa shape index (κ1) is 18.7. The van der Waals surface area contributed by atoms with Crippen molar-refractivity contribution >= 4 is 22.4 Å². The quantitative estimate of drug-likeness (QED) is 0.286. The molecule has 0 spiro atoms. The Bertz CT molecular complexity index is 744. The SMILES string of the molecule is CCCCC[C@@H](Oc1cc([N+](=O)[O-])c2ccccc2c1)C(=O)OCC. The topological polar surface area (TPSA) is 78.7 Å². The van der Waals surface area contributed by atoms with Gasteiger partial charge in [0.05, 0.1) is 23.0 Å². The molecule has 2 aromatic rings. The lowest BCUT2D eigenvalue weighted by molar-refractivity contribution is -0.383. The highest BCUT2D eigenvalue weighted by Crippen LogP contribution is 2.31. The Morgan fingerprint density at radius 1 is 1.20 bits per heavy atom. The zero-order valence-electron chi connectivity index (χ0n) is 14.6. The van der Waals surface area contributed by atoms with E-state index in [1.807, 2.05) is 0 Å². The van der Waals surface area contributed by atoms with E-state index in [2.05, 4.69) is 6.92 Å². The number of hydrogen-bond acceptors (Lipinski definition) is 5. The zero-order valence-corrected chi connectivity index (χ0v) is 14.6. The highest BCUT2D eigenvalue weighted by Gasteiger charge is 2.23. The molecule has 0 aliphatic heterocycles. The Labute approximate surface area is 146 Å². The summed E-state index contributed by atoms with van der Waals surface area (Å²) in [6.45, 7) is 4.08. The number of nitro benzene ring substituents is 1. The first-order valence-corrected chi connectivity index (χ1v) is 8.57. The Morgan fingerprint density at radius 3 is 2.64 bits per heavy atom. The second kappa shape index (κ2) is 9.01. The van der Waals surface area contributed by atoms with Crippen LogP contribution in [0, 0.1) is 10.1 Å². The van der Waals surface area contributed by atoms with E-state index in [0.29, 0.717) is 22.9 Å². The molecule has 0 unspecified atom stereocenters. The van der Waals surface area contributed by atoms with E-state index in [1.54, 1.807) is 37.3 Å². The van der Waals surface area contributed by atoms with Gasteiger partial charge >= 0.3 is 5.97 Å². The summed E-state index contributed by atoms with van der Waals surface area (Å²) in [6.07, 6.45) is 2.60. The molecule has 0 aliphatic rings. The molecule has 0 N–H and O–H groups in total. The number of nitro groups is 1. The monoisotopic (exact) mass is 345 g/mol. The second-order valence-corrected chi connectivity index (χ2v) is 5.77. The van der Waals surface area contributed by atoms with Gasteiger partial charge in [0, 0.05) is 0 Å². The molecule has 0 heterocycles. The number of rotatable bonds is 9. The molecule has 6 nitrogen and oxygen atoms in total. The maximum absolute atomic E-state index is 12.1. The Balaban J connectivity index is 2.30. The molecule has 0 aromatic heterocycles. The van der Waals surface area contributed by atoms with Crippen LogP contribution in [0.15, 0.2) is 36.4 Å². The van der Waals surface area contributed by atoms with Crippen LogP contribution in [0.4, 0.5) is 5.69 Å². The van der Waals surface area contributed by atoms with E-state index in [9.17, 15) is 14.9 Å². The van der Waals surface area contributed by atoms with E-state index in [4.69, 9.17) is 9.47 Å². The van der Waals surface area contributed by atoms with Crippen molar-refractivity contribution < 1.29 is 19.2 Å². The van der Waals surface area contributed by atoms with Gasteiger partial charge in [-0.05, 0) is 37.3 Å². The fourth-order valence-corrected chi connectivity index (χ4v) is 2.69. The largest absolute Gasteiger partial charge is 0.478 e. The number of benzene rings is 2. The highest BCUT2D eigenvalue weighted by atomic mass is 16.6. The van der Waals surface area contributed by atoms with Gasteiger partial charge in [0.15, 0.2) is 6.10 Å². The van der Waals surface area contributed by atoms with Crippen molar-refractivity contribution in [2.45, 2.75) is 45.6 Å². The minimum Gasteiger partial charge on any atom is -0.478 e. The predicted molar refractivity (Wildman–Crippen MR) is 95.8 cm³/mol. The lowest BCUT2D eigenvalue weighted by atomic mass is 10.1. The third-order valence-corrected chi connectivity index (χ3v) is 3.91. The molecule has 0 bridgehead atoms. The van der Waals surface area contributed by atoms with Crippen LogP contribution in [-0.4, -0.2) is 23.6 Å². The van der Waals surface area contributed by atoms with E-state index >= 15 is 0 Å². The van der Waals surface area contributed by atoms with Crippen molar-refractivity contribution in [2.75, 3.05) is 6.61 Å². The van der Waals surface area contributed by atoms with Crippen molar-refractivity contribution in [2.24, 2.45) is 0 Å². The second-order valence-electron chi connectivity index (χ2n) is 5.77. The lowest BCUT2D eigenvalue weighted by Crippen LogP contribution is -2.29. The molecule has 0 aliphatic carbocycles. The Morgan fingerprint density at radius 2 is 1.96 bits per heavy atom. The summed E-state index contributed by atoms with van der Waals surface area (Å²) in [5, 5.41) is 12.6. The molecule has 0 radical (unpaired) electrons. The maximum Gasteiger partial charge on any atom is 0.347 e. The van der Waals surface area contributed by atoms with Crippen LogP contribution in [0.25, 0.3) is 10.8 Å². The molecule has 0 amide bonds. The minimum absolute atomic E-state index is 0.0377. The summed E-state index contributed by atoms with van der Waals surface area (Å²) >= 11 is 0. The average molecular weight is 345 g/mol. The molecular formula is C19H23NO5. The number of esters is 1. The third kappa shape index (κ3) is 4.92. The van der Waals surface area contributed by atoms with Gasteiger partial charge < -0.3 is 9.47 Å². The molecular weight excluding hydrogens is 322 g/mol. The molecule has 134 valence electrons. The zero-order chi connectivity index (χ0) is 18.2. The normalized spacial score (nSPS) is 11.9. The maximum atomic E-state index is 12.1. The van der Waals surface area contributed by atoms with Crippen molar-refractivity contribution in [3.05, 3.63) is 46.5 Å². The fourth-order valence-electron chi connectivity index (χ4n) is 2.69. The van der Waals surface area contributed by atoms with Crippen LogP contribution in [0.5, 0.6) is 5.75 Å². The number of carbonyl (C=O) groups excluding carboxylic acids is 1. The van der Waals surface area contributed by atoms with Crippen molar-refractivity contribution in [1.29, 1.82) is 0 Å². The Kier molecular flexibility index (Phi) is 6.74. The van der Waals surface area contributed by atoms with Crippen LogP contribution in [0.3, 0.4) is 0 Å². The predicted octanol–water partition coefficient (Wildman–Crippen LogP) is 4.64. The van der Waals surface area contributed by atoms with Crippen molar-refractivity contribution in [3.8, 4) is 5.75 Å². The molecule has 0 saturated carbocycles. The van der Waals surface area contributed by atoms with Crippen molar-refractivity contribution in [3.63, 3.8) is 0 Å². The summed E-state index contributed by atoms with van der Waals surface area (Å²) < 4.78 is 10.9. The van der Waals surface area contributed by atoms with E-state index in [-0.39, 0.29) is 12.3 Å². The van der Waals surface area contributed by atoms with Gasteiger partial charge in [-0.2, -0.15) is 0 Å². The highest BCUT2D eigenvalue weighted by molar-refractivity contribution is 5.92. The van der Waals surface area contributed by atoms with Crippen LogP contribution in [-0.2, 0) is 9.53 Å². The summed E-state index contributed by atoms with van der Waals surface area (Å²) in [5.74, 6) is -0.130. The van der Waals surface area contributed by atoms with Gasteiger partial charge in [-0.25, -0.2) is 4.79 Å². The summed E-state index contributed by atoms with van der Waals surface area (Å²) in [4.78, 5) is 23.1. The molecule has 0 saturated heterocycles. The number of fused-ring (bicyclic) bond motifs is 1.